The summed E-state index contributed by atoms with van der Waals surface area (Å²) in [4.78, 5) is 51.4. The standard InChI is InChI=1S/C18H17N5O4/c1-10-5-4-6-11(7-10)9-19-21-16(25)12-8-13(24)20-15-14(12)17(26)23(3)18(27)22(15)2/h4-9H,1-3H3,(H,20,24)(H,21,25)/b19-9-. The summed E-state index contributed by atoms with van der Waals surface area (Å²) >= 11 is 0. The fraction of sp³-hybridized carbons (Fsp3) is 0.167. The van der Waals surface area contributed by atoms with Crippen LogP contribution in [0.25, 0.3) is 11.0 Å². The molecule has 0 unspecified atom stereocenters. The fourth-order valence-electron chi connectivity index (χ4n) is 2.74. The molecule has 0 aliphatic rings. The third-order valence-corrected chi connectivity index (χ3v) is 4.12. The minimum absolute atomic E-state index is 0.0246. The number of hydrazone groups is 1. The molecule has 9 heteroatoms. The molecule has 0 fully saturated rings. The van der Waals surface area contributed by atoms with E-state index in [2.05, 4.69) is 15.5 Å². The first-order valence-electron chi connectivity index (χ1n) is 8.02. The van der Waals surface area contributed by atoms with Crippen LogP contribution in [0.1, 0.15) is 21.5 Å². The third-order valence-electron chi connectivity index (χ3n) is 4.12. The molecule has 3 aromatic rings. The summed E-state index contributed by atoms with van der Waals surface area (Å²) in [5.74, 6) is -0.731. The van der Waals surface area contributed by atoms with Gasteiger partial charge in [0.1, 0.15) is 5.65 Å². The molecule has 0 atom stereocenters. The Morgan fingerprint density at radius 3 is 2.59 bits per heavy atom. The zero-order chi connectivity index (χ0) is 19.7. The summed E-state index contributed by atoms with van der Waals surface area (Å²) in [6.07, 6.45) is 1.45. The molecular weight excluding hydrogens is 350 g/mol. The Hall–Kier alpha value is -3.75. The average molecular weight is 367 g/mol. The van der Waals surface area contributed by atoms with Gasteiger partial charge in [-0.1, -0.05) is 29.8 Å². The highest BCUT2D eigenvalue weighted by Gasteiger charge is 2.18. The lowest BCUT2D eigenvalue weighted by atomic mass is 10.1. The number of H-pyrrole nitrogens is 1. The number of carbonyl (C=O) groups excluding carboxylic acids is 1. The van der Waals surface area contributed by atoms with E-state index in [0.717, 1.165) is 26.3 Å². The quantitative estimate of drug-likeness (QED) is 0.500. The van der Waals surface area contributed by atoms with E-state index < -0.39 is 22.7 Å². The van der Waals surface area contributed by atoms with Gasteiger partial charge in [0.15, 0.2) is 0 Å². The van der Waals surface area contributed by atoms with Crippen LogP contribution in [-0.4, -0.2) is 26.2 Å². The van der Waals surface area contributed by atoms with E-state index in [9.17, 15) is 19.2 Å². The molecule has 2 heterocycles. The van der Waals surface area contributed by atoms with Gasteiger partial charge in [-0.3, -0.25) is 23.5 Å². The molecule has 2 N–H and O–H groups in total. The maximum Gasteiger partial charge on any atom is 0.332 e. The molecule has 1 aromatic carbocycles. The van der Waals surface area contributed by atoms with Crippen LogP contribution in [-0.2, 0) is 14.1 Å². The number of carbonyl (C=O) groups is 1. The summed E-state index contributed by atoms with van der Waals surface area (Å²) in [6, 6.07) is 8.48. The topological polar surface area (TPSA) is 118 Å². The number of nitrogens with one attached hydrogen (secondary N) is 2. The first-order valence-corrected chi connectivity index (χ1v) is 8.02. The van der Waals surface area contributed by atoms with Crippen LogP contribution in [0, 0.1) is 6.92 Å². The van der Waals surface area contributed by atoms with Crippen molar-refractivity contribution in [3.63, 3.8) is 0 Å². The molecule has 2 aromatic heterocycles. The summed E-state index contributed by atoms with van der Waals surface area (Å²) < 4.78 is 1.97. The number of amides is 1. The zero-order valence-corrected chi connectivity index (χ0v) is 14.9. The van der Waals surface area contributed by atoms with Crippen molar-refractivity contribution in [3.05, 3.63) is 78.2 Å². The largest absolute Gasteiger partial charge is 0.332 e. The second kappa shape index (κ2) is 6.87. The molecule has 1 amide bonds. The number of aromatic amines is 1. The molecule has 0 spiro atoms. The van der Waals surface area contributed by atoms with E-state index >= 15 is 0 Å². The van der Waals surface area contributed by atoms with Crippen molar-refractivity contribution in [1.29, 1.82) is 0 Å². The monoisotopic (exact) mass is 367 g/mol. The molecule has 0 saturated heterocycles. The van der Waals surface area contributed by atoms with E-state index in [-0.39, 0.29) is 16.6 Å². The Morgan fingerprint density at radius 1 is 1.15 bits per heavy atom. The predicted molar refractivity (Wildman–Crippen MR) is 101 cm³/mol. The Balaban J connectivity index is 2.06. The lowest BCUT2D eigenvalue weighted by molar-refractivity contribution is 0.0956. The fourth-order valence-corrected chi connectivity index (χ4v) is 2.74. The lowest BCUT2D eigenvalue weighted by Crippen LogP contribution is -2.39. The molecule has 9 nitrogen and oxygen atoms in total. The summed E-state index contributed by atoms with van der Waals surface area (Å²) in [5, 5.41) is 3.81. The molecule has 0 saturated carbocycles. The number of pyridine rings is 1. The highest BCUT2D eigenvalue weighted by molar-refractivity contribution is 6.05. The first-order chi connectivity index (χ1) is 12.8. The Labute approximate surface area is 152 Å². The van der Waals surface area contributed by atoms with Gasteiger partial charge in [0.05, 0.1) is 17.2 Å². The first kappa shape index (κ1) is 18.1. The van der Waals surface area contributed by atoms with Crippen molar-refractivity contribution in [3.8, 4) is 0 Å². The van der Waals surface area contributed by atoms with Crippen molar-refractivity contribution in [2.24, 2.45) is 19.2 Å². The van der Waals surface area contributed by atoms with Gasteiger partial charge in [-0.2, -0.15) is 5.10 Å². The van der Waals surface area contributed by atoms with Crippen LogP contribution in [0.4, 0.5) is 0 Å². The van der Waals surface area contributed by atoms with E-state index in [1.807, 2.05) is 31.2 Å². The second-order valence-corrected chi connectivity index (χ2v) is 6.09. The Morgan fingerprint density at radius 2 is 1.89 bits per heavy atom. The molecule has 0 aliphatic heterocycles. The molecular formula is C18H17N5O4. The number of hydrogen-bond acceptors (Lipinski definition) is 5. The number of benzene rings is 1. The van der Waals surface area contributed by atoms with Gasteiger partial charge in [0.25, 0.3) is 11.5 Å². The minimum atomic E-state index is -0.731. The zero-order valence-electron chi connectivity index (χ0n) is 14.9. The van der Waals surface area contributed by atoms with Crippen LogP contribution >= 0.6 is 0 Å². The van der Waals surface area contributed by atoms with Crippen LogP contribution in [0.2, 0.25) is 0 Å². The normalized spacial score (nSPS) is 11.2. The number of hydrogen-bond donors (Lipinski definition) is 2. The maximum atomic E-state index is 12.5. The van der Waals surface area contributed by atoms with Crippen molar-refractivity contribution in [1.82, 2.24) is 19.5 Å². The van der Waals surface area contributed by atoms with Gasteiger partial charge in [0, 0.05) is 20.2 Å². The van der Waals surface area contributed by atoms with E-state index in [1.54, 1.807) is 0 Å². The van der Waals surface area contributed by atoms with Crippen molar-refractivity contribution >= 4 is 23.2 Å². The second-order valence-electron chi connectivity index (χ2n) is 6.09. The summed E-state index contributed by atoms with van der Waals surface area (Å²) in [7, 11) is 2.70. The van der Waals surface area contributed by atoms with Crippen LogP contribution in [0.3, 0.4) is 0 Å². The number of rotatable bonds is 3. The third kappa shape index (κ3) is 3.34. The van der Waals surface area contributed by atoms with Crippen molar-refractivity contribution < 1.29 is 4.79 Å². The van der Waals surface area contributed by atoms with Crippen molar-refractivity contribution in [2.45, 2.75) is 6.92 Å². The molecule has 27 heavy (non-hydrogen) atoms. The Bertz CT molecular complexity index is 1260. The smallest absolute Gasteiger partial charge is 0.308 e. The summed E-state index contributed by atoms with van der Waals surface area (Å²) in [5.41, 5.74) is 2.03. The number of nitrogens with zero attached hydrogens (tertiary/aromatic N) is 3. The highest BCUT2D eigenvalue weighted by atomic mass is 16.2. The maximum absolute atomic E-state index is 12.5. The average Bonchev–Trinajstić information content (AvgIpc) is 2.64. The number of aryl methyl sites for hydroxylation is 2. The molecule has 0 aliphatic carbocycles. The Kier molecular flexibility index (Phi) is 4.59. The molecule has 3 rings (SSSR count). The molecule has 0 bridgehead atoms. The van der Waals surface area contributed by atoms with E-state index in [4.69, 9.17) is 0 Å². The van der Waals surface area contributed by atoms with Gasteiger partial charge in [0.2, 0.25) is 5.56 Å². The van der Waals surface area contributed by atoms with Gasteiger partial charge in [-0.25, -0.2) is 10.2 Å². The predicted octanol–water partition coefficient (Wildman–Crippen LogP) is -0.00218. The van der Waals surface area contributed by atoms with Gasteiger partial charge < -0.3 is 4.98 Å². The SMILES string of the molecule is Cc1cccc(/C=N\NC(=O)c2cc(=O)[nH]c3c2c(=O)n(C)c(=O)n3C)c1. The van der Waals surface area contributed by atoms with Crippen LogP contribution in [0.15, 0.2) is 49.8 Å². The number of aromatic nitrogens is 3. The van der Waals surface area contributed by atoms with Gasteiger partial charge >= 0.3 is 5.69 Å². The van der Waals surface area contributed by atoms with Crippen molar-refractivity contribution in [2.75, 3.05) is 0 Å². The van der Waals surface area contributed by atoms with E-state index in [1.165, 1.54) is 20.3 Å². The van der Waals surface area contributed by atoms with Gasteiger partial charge in [-0.05, 0) is 12.5 Å². The number of fused-ring (bicyclic) bond motifs is 1. The molecule has 138 valence electrons. The highest BCUT2D eigenvalue weighted by Crippen LogP contribution is 2.08. The molecule has 0 radical (unpaired) electrons. The summed E-state index contributed by atoms with van der Waals surface area (Å²) in [6.45, 7) is 1.93. The van der Waals surface area contributed by atoms with Gasteiger partial charge in [-0.15, -0.1) is 0 Å². The van der Waals surface area contributed by atoms with Crippen LogP contribution < -0.4 is 22.2 Å². The van der Waals surface area contributed by atoms with E-state index in [0.29, 0.717) is 0 Å². The minimum Gasteiger partial charge on any atom is -0.308 e. The van der Waals surface area contributed by atoms with Crippen LogP contribution in [0.5, 0.6) is 0 Å². The lowest BCUT2D eigenvalue weighted by Gasteiger charge is -2.09.